The van der Waals surface area contributed by atoms with Gasteiger partial charge < -0.3 is 10.4 Å². The molecule has 5 nitrogen and oxygen atoms in total. The fraction of sp³-hybridized carbons (Fsp3) is 0.125. The van der Waals surface area contributed by atoms with E-state index in [1.165, 1.54) is 6.20 Å². The number of nitrogens with zero attached hydrogens (tertiary/aromatic N) is 1. The number of aliphatic carboxylic acids is 1. The van der Waals surface area contributed by atoms with E-state index >= 15 is 0 Å². The third kappa shape index (κ3) is 3.53. The molecule has 2 N–H and O–H groups in total. The van der Waals surface area contributed by atoms with Gasteiger partial charge in [0.05, 0.1) is 0 Å². The summed E-state index contributed by atoms with van der Waals surface area (Å²) in [6.07, 6.45) is 0.939. The third-order valence-corrected chi connectivity index (χ3v) is 1.79. The Morgan fingerprint density at radius 2 is 2.29 bits per heavy atom. The molecule has 0 bridgehead atoms. The summed E-state index contributed by atoms with van der Waals surface area (Å²) in [5.41, 5.74) is 0. The molecule has 1 rings (SSSR count). The highest BCUT2D eigenvalue weighted by Gasteiger charge is 2.07. The second-order valence-corrected chi connectivity index (χ2v) is 3.39. The predicted molar refractivity (Wildman–Crippen MR) is 52.8 cm³/mol. The summed E-state index contributed by atoms with van der Waals surface area (Å²) in [6, 6.07) is 3.28. The number of carboxylic acid groups (broad SMARTS) is 1. The molecule has 0 aromatic carbocycles. The van der Waals surface area contributed by atoms with Crippen molar-refractivity contribution in [3.63, 3.8) is 0 Å². The van der Waals surface area contributed by atoms with Crippen LogP contribution < -0.4 is 5.32 Å². The number of rotatable bonds is 3. The smallest absolute Gasteiger partial charge is 0.312 e. The van der Waals surface area contributed by atoms with Crippen LogP contribution in [0.3, 0.4) is 0 Å². The lowest BCUT2D eigenvalue weighted by molar-refractivity contribution is -0.139. The van der Waals surface area contributed by atoms with Crippen LogP contribution in [-0.4, -0.2) is 22.0 Å². The molecule has 74 valence electrons. The Bertz CT molecular complexity index is 367. The van der Waals surface area contributed by atoms with Crippen LogP contribution in [0.15, 0.2) is 22.8 Å². The summed E-state index contributed by atoms with van der Waals surface area (Å²) >= 11 is 3.20. The van der Waals surface area contributed by atoms with E-state index in [-0.39, 0.29) is 0 Å². The summed E-state index contributed by atoms with van der Waals surface area (Å²) < 4.78 is 0.762. The van der Waals surface area contributed by atoms with E-state index in [2.05, 4.69) is 26.2 Å². The Morgan fingerprint density at radius 1 is 1.57 bits per heavy atom. The average molecular weight is 259 g/mol. The number of anilines is 1. The number of amides is 1. The molecule has 1 amide bonds. The molecular weight excluding hydrogens is 252 g/mol. The standard InChI is InChI=1S/C8H7BrN2O3/c9-5-1-2-10-6(3-5)11-7(12)4-8(13)14/h1-3H,4H2,(H,13,14)(H,10,11,12). The molecule has 0 aliphatic heterocycles. The van der Waals surface area contributed by atoms with Gasteiger partial charge in [-0.25, -0.2) is 4.98 Å². The second kappa shape index (κ2) is 4.71. The maximum Gasteiger partial charge on any atom is 0.312 e. The zero-order valence-electron chi connectivity index (χ0n) is 7.03. The quantitative estimate of drug-likeness (QED) is 0.801. The third-order valence-electron chi connectivity index (χ3n) is 1.30. The van der Waals surface area contributed by atoms with Crippen LogP contribution in [0.1, 0.15) is 6.42 Å². The minimum atomic E-state index is -1.17. The molecule has 1 heterocycles. The van der Waals surface area contributed by atoms with Crippen molar-refractivity contribution in [3.05, 3.63) is 22.8 Å². The number of pyridine rings is 1. The maximum absolute atomic E-state index is 11.0. The first-order valence-electron chi connectivity index (χ1n) is 3.71. The van der Waals surface area contributed by atoms with Crippen molar-refractivity contribution >= 4 is 33.6 Å². The van der Waals surface area contributed by atoms with Crippen LogP contribution in [0.5, 0.6) is 0 Å². The molecule has 1 aromatic heterocycles. The van der Waals surface area contributed by atoms with Gasteiger partial charge >= 0.3 is 5.97 Å². The van der Waals surface area contributed by atoms with Gasteiger partial charge in [0.25, 0.3) is 0 Å². The molecular formula is C8H7BrN2O3. The Balaban J connectivity index is 2.60. The summed E-state index contributed by atoms with van der Waals surface area (Å²) in [5.74, 6) is -1.44. The fourth-order valence-electron chi connectivity index (χ4n) is 0.798. The number of aromatic nitrogens is 1. The van der Waals surface area contributed by atoms with Gasteiger partial charge in [-0.3, -0.25) is 9.59 Å². The minimum absolute atomic E-state index is 0.325. The van der Waals surface area contributed by atoms with Gasteiger partial charge in [-0.15, -0.1) is 0 Å². The lowest BCUT2D eigenvalue weighted by Crippen LogP contribution is -2.16. The number of nitrogens with one attached hydrogen (secondary N) is 1. The zero-order valence-corrected chi connectivity index (χ0v) is 8.61. The van der Waals surface area contributed by atoms with E-state index < -0.39 is 18.3 Å². The van der Waals surface area contributed by atoms with Crippen molar-refractivity contribution in [3.8, 4) is 0 Å². The topological polar surface area (TPSA) is 79.3 Å². The molecule has 0 fully saturated rings. The summed E-state index contributed by atoms with van der Waals surface area (Å²) in [6.45, 7) is 0. The molecule has 14 heavy (non-hydrogen) atoms. The number of halogens is 1. The second-order valence-electron chi connectivity index (χ2n) is 2.48. The van der Waals surface area contributed by atoms with E-state index in [4.69, 9.17) is 5.11 Å². The van der Waals surface area contributed by atoms with Gasteiger partial charge in [0.2, 0.25) is 5.91 Å². The minimum Gasteiger partial charge on any atom is -0.481 e. The van der Waals surface area contributed by atoms with Crippen molar-refractivity contribution < 1.29 is 14.7 Å². The molecule has 0 saturated heterocycles. The molecule has 0 aliphatic rings. The Kier molecular flexibility index (Phi) is 3.58. The van der Waals surface area contributed by atoms with Crippen molar-refractivity contribution in [1.29, 1.82) is 0 Å². The van der Waals surface area contributed by atoms with Crippen molar-refractivity contribution in [2.24, 2.45) is 0 Å². The van der Waals surface area contributed by atoms with Crippen molar-refractivity contribution in [2.75, 3.05) is 5.32 Å². The lowest BCUT2D eigenvalue weighted by Gasteiger charge is -2.01. The van der Waals surface area contributed by atoms with Crippen molar-refractivity contribution in [1.82, 2.24) is 4.98 Å². The molecule has 0 radical (unpaired) electrons. The van der Waals surface area contributed by atoms with Crippen LogP contribution >= 0.6 is 15.9 Å². The first-order chi connectivity index (χ1) is 6.58. The Morgan fingerprint density at radius 3 is 2.86 bits per heavy atom. The molecule has 0 aliphatic carbocycles. The van der Waals surface area contributed by atoms with Gasteiger partial charge in [0, 0.05) is 10.7 Å². The lowest BCUT2D eigenvalue weighted by atomic mass is 10.4. The van der Waals surface area contributed by atoms with Crippen LogP contribution in [0.25, 0.3) is 0 Å². The van der Waals surface area contributed by atoms with E-state index in [0.717, 1.165) is 4.47 Å². The number of hydrogen-bond acceptors (Lipinski definition) is 3. The number of carbonyl (C=O) groups is 2. The summed E-state index contributed by atoms with van der Waals surface area (Å²) in [4.78, 5) is 25.0. The van der Waals surface area contributed by atoms with Gasteiger partial charge in [0.1, 0.15) is 12.2 Å². The summed E-state index contributed by atoms with van der Waals surface area (Å²) in [5, 5.41) is 10.7. The highest BCUT2D eigenvalue weighted by molar-refractivity contribution is 9.10. The van der Waals surface area contributed by atoms with Gasteiger partial charge in [0.15, 0.2) is 0 Å². The molecule has 0 atom stereocenters. The van der Waals surface area contributed by atoms with Gasteiger partial charge in [-0.2, -0.15) is 0 Å². The average Bonchev–Trinajstić information content (AvgIpc) is 2.01. The van der Waals surface area contributed by atoms with Crippen LogP contribution in [0, 0.1) is 0 Å². The van der Waals surface area contributed by atoms with Crippen LogP contribution in [0.2, 0.25) is 0 Å². The van der Waals surface area contributed by atoms with E-state index in [1.807, 2.05) is 0 Å². The Labute approximate surface area is 88.3 Å². The SMILES string of the molecule is O=C(O)CC(=O)Nc1cc(Br)ccn1. The predicted octanol–water partition coefficient (Wildman–Crippen LogP) is 1.26. The van der Waals surface area contributed by atoms with Gasteiger partial charge in [-0.1, -0.05) is 15.9 Å². The normalized spacial score (nSPS) is 9.50. The number of carbonyl (C=O) groups excluding carboxylic acids is 1. The largest absolute Gasteiger partial charge is 0.481 e. The zero-order chi connectivity index (χ0) is 10.6. The fourth-order valence-corrected chi connectivity index (χ4v) is 1.13. The van der Waals surface area contributed by atoms with Gasteiger partial charge in [-0.05, 0) is 12.1 Å². The molecule has 0 unspecified atom stereocenters. The molecule has 0 spiro atoms. The Hall–Kier alpha value is -1.43. The maximum atomic E-state index is 11.0. The highest BCUT2D eigenvalue weighted by Crippen LogP contribution is 2.12. The molecule has 1 aromatic rings. The molecule has 6 heteroatoms. The first kappa shape index (κ1) is 10.6. The summed E-state index contributed by atoms with van der Waals surface area (Å²) in [7, 11) is 0. The van der Waals surface area contributed by atoms with Crippen molar-refractivity contribution in [2.45, 2.75) is 6.42 Å². The van der Waals surface area contributed by atoms with Crippen LogP contribution in [-0.2, 0) is 9.59 Å². The van der Waals surface area contributed by atoms with E-state index in [1.54, 1.807) is 12.1 Å². The van der Waals surface area contributed by atoms with E-state index in [9.17, 15) is 9.59 Å². The first-order valence-corrected chi connectivity index (χ1v) is 4.50. The molecule has 0 saturated carbocycles. The van der Waals surface area contributed by atoms with E-state index in [0.29, 0.717) is 5.82 Å². The highest BCUT2D eigenvalue weighted by atomic mass is 79.9. The number of carboxylic acids is 1. The van der Waals surface area contributed by atoms with Crippen LogP contribution in [0.4, 0.5) is 5.82 Å². The number of hydrogen-bond donors (Lipinski definition) is 2. The monoisotopic (exact) mass is 258 g/mol.